The van der Waals surface area contributed by atoms with Crippen LogP contribution in [0.4, 0.5) is 13.2 Å². The maximum absolute atomic E-state index is 13.0. The number of carbonyl (C=O) groups is 1. The van der Waals surface area contributed by atoms with Crippen molar-refractivity contribution in [2.75, 3.05) is 26.2 Å². The number of nitrogens with zero attached hydrogens (tertiary/aromatic N) is 1. The van der Waals surface area contributed by atoms with Crippen molar-refractivity contribution in [3.63, 3.8) is 0 Å². The summed E-state index contributed by atoms with van der Waals surface area (Å²) in [7, 11) is 0. The molecule has 1 aromatic carbocycles. The molecule has 0 radical (unpaired) electrons. The molecule has 1 spiro atoms. The molecule has 1 amide bonds. The first kappa shape index (κ1) is 14.4. The van der Waals surface area contributed by atoms with Crippen molar-refractivity contribution in [1.29, 1.82) is 0 Å². The highest BCUT2D eigenvalue weighted by Gasteiger charge is 2.43. The zero-order valence-electron chi connectivity index (χ0n) is 11.5. The Labute approximate surface area is 121 Å². The van der Waals surface area contributed by atoms with Crippen LogP contribution in [0.15, 0.2) is 24.3 Å². The lowest BCUT2D eigenvalue weighted by molar-refractivity contribution is -0.138. The summed E-state index contributed by atoms with van der Waals surface area (Å²) in [6.45, 7) is 2.84. The SMILES string of the molecule is O=C(c1ccccc1C(F)(F)F)N1CCC2(CCNC2)C1. The average molecular weight is 298 g/mol. The Bertz CT molecular complexity index is 550. The Balaban J connectivity index is 1.84. The van der Waals surface area contributed by atoms with Gasteiger partial charge in [0.1, 0.15) is 0 Å². The first-order valence-electron chi connectivity index (χ1n) is 7.08. The van der Waals surface area contributed by atoms with E-state index in [9.17, 15) is 18.0 Å². The van der Waals surface area contributed by atoms with Gasteiger partial charge >= 0.3 is 6.18 Å². The summed E-state index contributed by atoms with van der Waals surface area (Å²) in [5.74, 6) is -0.508. The third-order valence-corrected chi connectivity index (χ3v) is 4.52. The van der Waals surface area contributed by atoms with Crippen molar-refractivity contribution in [2.24, 2.45) is 5.41 Å². The summed E-state index contributed by atoms with van der Waals surface area (Å²) < 4.78 is 39.0. The largest absolute Gasteiger partial charge is 0.417 e. The van der Waals surface area contributed by atoms with E-state index in [1.165, 1.54) is 18.2 Å². The molecule has 6 heteroatoms. The molecular formula is C15H17F3N2O. The highest BCUT2D eigenvalue weighted by molar-refractivity contribution is 5.96. The van der Waals surface area contributed by atoms with Gasteiger partial charge in [-0.3, -0.25) is 4.79 Å². The maximum atomic E-state index is 13.0. The Kier molecular flexibility index (Phi) is 3.43. The van der Waals surface area contributed by atoms with E-state index in [2.05, 4.69) is 5.32 Å². The normalized spacial score (nSPS) is 25.8. The Morgan fingerprint density at radius 3 is 2.67 bits per heavy atom. The van der Waals surface area contributed by atoms with E-state index in [-0.39, 0.29) is 11.0 Å². The lowest BCUT2D eigenvalue weighted by Gasteiger charge is -2.23. The molecule has 0 bridgehead atoms. The number of carbonyl (C=O) groups excluding carboxylic acids is 1. The second kappa shape index (κ2) is 5.02. The van der Waals surface area contributed by atoms with Gasteiger partial charge in [0, 0.05) is 25.0 Å². The van der Waals surface area contributed by atoms with Crippen molar-refractivity contribution < 1.29 is 18.0 Å². The molecule has 3 rings (SSSR count). The predicted molar refractivity (Wildman–Crippen MR) is 71.9 cm³/mol. The summed E-state index contributed by atoms with van der Waals surface area (Å²) in [5.41, 5.74) is -1.03. The number of nitrogens with one attached hydrogen (secondary N) is 1. The van der Waals surface area contributed by atoms with E-state index in [0.29, 0.717) is 13.1 Å². The van der Waals surface area contributed by atoms with Crippen LogP contribution in [0.25, 0.3) is 0 Å². The first-order chi connectivity index (χ1) is 9.91. The predicted octanol–water partition coefficient (Wildman–Crippen LogP) is 2.53. The molecule has 21 heavy (non-hydrogen) atoms. The quantitative estimate of drug-likeness (QED) is 0.864. The molecule has 2 fully saturated rings. The summed E-state index contributed by atoms with van der Waals surface area (Å²) in [5, 5.41) is 3.27. The van der Waals surface area contributed by atoms with E-state index >= 15 is 0 Å². The number of alkyl halides is 3. The molecule has 114 valence electrons. The standard InChI is InChI=1S/C15H17F3N2O/c16-15(17,18)12-4-2-1-3-11(12)13(21)20-8-6-14(10-20)5-7-19-9-14/h1-4,19H,5-10H2. The Morgan fingerprint density at radius 2 is 2.00 bits per heavy atom. The summed E-state index contributed by atoms with van der Waals surface area (Å²) in [6.07, 6.45) is -2.66. The number of likely N-dealkylation sites (tertiary alicyclic amines) is 1. The van der Waals surface area contributed by atoms with Crippen molar-refractivity contribution in [2.45, 2.75) is 19.0 Å². The third-order valence-electron chi connectivity index (χ3n) is 4.52. The number of amides is 1. The van der Waals surface area contributed by atoms with Gasteiger partial charge in [-0.05, 0) is 31.5 Å². The molecule has 2 heterocycles. The third kappa shape index (κ3) is 2.64. The van der Waals surface area contributed by atoms with Crippen LogP contribution < -0.4 is 5.32 Å². The lowest BCUT2D eigenvalue weighted by atomic mass is 9.86. The van der Waals surface area contributed by atoms with Crippen molar-refractivity contribution in [3.05, 3.63) is 35.4 Å². The fraction of sp³-hybridized carbons (Fsp3) is 0.533. The monoisotopic (exact) mass is 298 g/mol. The lowest BCUT2D eigenvalue weighted by Crippen LogP contribution is -2.34. The maximum Gasteiger partial charge on any atom is 0.417 e. The van der Waals surface area contributed by atoms with Crippen LogP contribution in [0.1, 0.15) is 28.8 Å². The van der Waals surface area contributed by atoms with Gasteiger partial charge in [0.15, 0.2) is 0 Å². The minimum Gasteiger partial charge on any atom is -0.338 e. The molecule has 0 aromatic heterocycles. The number of rotatable bonds is 1. The van der Waals surface area contributed by atoms with E-state index in [1.54, 1.807) is 4.90 Å². The average Bonchev–Trinajstić information content (AvgIpc) is 3.08. The molecule has 1 unspecified atom stereocenters. The molecule has 1 atom stereocenters. The number of hydrogen-bond donors (Lipinski definition) is 1. The minimum absolute atomic E-state index is 0.0584. The van der Waals surface area contributed by atoms with E-state index in [4.69, 9.17) is 0 Å². The van der Waals surface area contributed by atoms with Gasteiger partial charge in [-0.25, -0.2) is 0 Å². The van der Waals surface area contributed by atoms with Gasteiger partial charge in [-0.1, -0.05) is 12.1 Å². The molecule has 2 saturated heterocycles. The van der Waals surface area contributed by atoms with Gasteiger partial charge in [0.2, 0.25) is 0 Å². The fourth-order valence-electron chi connectivity index (χ4n) is 3.34. The van der Waals surface area contributed by atoms with E-state index in [0.717, 1.165) is 32.0 Å². The van der Waals surface area contributed by atoms with Crippen LogP contribution in [0.5, 0.6) is 0 Å². The molecule has 1 aromatic rings. The van der Waals surface area contributed by atoms with Crippen LogP contribution in [-0.4, -0.2) is 37.0 Å². The minimum atomic E-state index is -4.50. The van der Waals surface area contributed by atoms with E-state index in [1.807, 2.05) is 0 Å². The fourth-order valence-corrected chi connectivity index (χ4v) is 3.34. The smallest absolute Gasteiger partial charge is 0.338 e. The van der Waals surface area contributed by atoms with Crippen molar-refractivity contribution in [1.82, 2.24) is 10.2 Å². The van der Waals surface area contributed by atoms with Gasteiger partial charge in [-0.15, -0.1) is 0 Å². The van der Waals surface area contributed by atoms with E-state index < -0.39 is 17.6 Å². The molecular weight excluding hydrogens is 281 g/mol. The van der Waals surface area contributed by atoms with Crippen LogP contribution in [0.2, 0.25) is 0 Å². The van der Waals surface area contributed by atoms with Crippen LogP contribution in [-0.2, 0) is 6.18 Å². The summed E-state index contributed by atoms with van der Waals surface area (Å²) >= 11 is 0. The van der Waals surface area contributed by atoms with Crippen LogP contribution in [0.3, 0.4) is 0 Å². The molecule has 2 aliphatic rings. The second-order valence-electron chi connectivity index (χ2n) is 5.95. The molecule has 2 aliphatic heterocycles. The Hall–Kier alpha value is -1.56. The molecule has 0 saturated carbocycles. The second-order valence-corrected chi connectivity index (χ2v) is 5.95. The summed E-state index contributed by atoms with van der Waals surface area (Å²) in [6, 6.07) is 5.02. The summed E-state index contributed by atoms with van der Waals surface area (Å²) in [4.78, 5) is 14.0. The highest BCUT2D eigenvalue weighted by Crippen LogP contribution is 2.38. The van der Waals surface area contributed by atoms with Crippen LogP contribution in [0, 0.1) is 5.41 Å². The number of benzene rings is 1. The van der Waals surface area contributed by atoms with Crippen molar-refractivity contribution >= 4 is 5.91 Å². The van der Waals surface area contributed by atoms with Crippen LogP contribution >= 0.6 is 0 Å². The zero-order chi connectivity index (χ0) is 15.1. The first-order valence-corrected chi connectivity index (χ1v) is 7.08. The number of halogens is 3. The topological polar surface area (TPSA) is 32.3 Å². The van der Waals surface area contributed by atoms with Gasteiger partial charge in [-0.2, -0.15) is 13.2 Å². The van der Waals surface area contributed by atoms with Gasteiger partial charge < -0.3 is 10.2 Å². The number of hydrogen-bond acceptors (Lipinski definition) is 2. The van der Waals surface area contributed by atoms with Crippen molar-refractivity contribution in [3.8, 4) is 0 Å². The molecule has 0 aliphatic carbocycles. The molecule has 3 nitrogen and oxygen atoms in total. The highest BCUT2D eigenvalue weighted by atomic mass is 19.4. The van der Waals surface area contributed by atoms with Gasteiger partial charge in [0.25, 0.3) is 5.91 Å². The van der Waals surface area contributed by atoms with Gasteiger partial charge in [0.05, 0.1) is 11.1 Å². The molecule has 1 N–H and O–H groups in total. The zero-order valence-corrected chi connectivity index (χ0v) is 11.5. The Morgan fingerprint density at radius 1 is 1.24 bits per heavy atom.